The second-order valence-electron chi connectivity index (χ2n) is 6.27. The third-order valence-corrected chi connectivity index (χ3v) is 5.07. The van der Waals surface area contributed by atoms with Crippen molar-refractivity contribution in [1.82, 2.24) is 20.1 Å². The molecule has 0 fully saturated rings. The van der Waals surface area contributed by atoms with Crippen LogP contribution in [-0.4, -0.2) is 39.4 Å². The van der Waals surface area contributed by atoms with Crippen LogP contribution < -0.4 is 10.6 Å². The van der Waals surface area contributed by atoms with Crippen molar-refractivity contribution in [1.29, 1.82) is 0 Å². The van der Waals surface area contributed by atoms with Crippen molar-refractivity contribution in [2.45, 2.75) is 19.0 Å². The molecule has 3 aromatic rings. The van der Waals surface area contributed by atoms with Gasteiger partial charge in [-0.2, -0.15) is 0 Å². The number of carbonyl (C=O) groups excluding carboxylic acids is 2. The highest BCUT2D eigenvalue weighted by molar-refractivity contribution is 7.99. The van der Waals surface area contributed by atoms with Gasteiger partial charge in [-0.3, -0.25) is 14.2 Å². The van der Waals surface area contributed by atoms with Gasteiger partial charge >= 0.3 is 0 Å². The summed E-state index contributed by atoms with van der Waals surface area (Å²) in [7, 11) is 1.58. The molecule has 1 aromatic heterocycles. The Bertz CT molecular complexity index is 998. The van der Waals surface area contributed by atoms with Crippen molar-refractivity contribution < 1.29 is 9.59 Å². The summed E-state index contributed by atoms with van der Waals surface area (Å²) in [6.45, 7) is 4.06. The standard InChI is InChI=1S/C20H21N5O2S/c1-13-4-5-14(2)17(10-13)25-12-22-24-20(25)28-11-18(26)23-16-8-6-15(7-9-16)19(27)21-3/h4-10,12H,11H2,1-3H3,(H,21,27)(H,23,26). The lowest BCUT2D eigenvalue weighted by Gasteiger charge is -2.10. The number of benzene rings is 2. The van der Waals surface area contributed by atoms with Crippen LogP contribution in [0.1, 0.15) is 21.5 Å². The molecule has 144 valence electrons. The zero-order valence-electron chi connectivity index (χ0n) is 15.9. The van der Waals surface area contributed by atoms with Crippen LogP contribution in [0.5, 0.6) is 0 Å². The Balaban J connectivity index is 1.64. The first-order valence-corrected chi connectivity index (χ1v) is 9.69. The number of amides is 2. The largest absolute Gasteiger partial charge is 0.355 e. The average Bonchev–Trinajstić information content (AvgIpc) is 3.16. The number of aryl methyl sites for hydroxylation is 2. The lowest BCUT2D eigenvalue weighted by atomic mass is 10.1. The van der Waals surface area contributed by atoms with E-state index >= 15 is 0 Å². The molecule has 2 N–H and O–H groups in total. The molecule has 0 unspecified atom stereocenters. The van der Waals surface area contributed by atoms with Crippen molar-refractivity contribution in [3.05, 3.63) is 65.5 Å². The van der Waals surface area contributed by atoms with Crippen molar-refractivity contribution >= 4 is 29.3 Å². The molecule has 8 heteroatoms. The van der Waals surface area contributed by atoms with Crippen LogP contribution in [-0.2, 0) is 4.79 Å². The minimum atomic E-state index is -0.167. The van der Waals surface area contributed by atoms with Gasteiger partial charge in [0.1, 0.15) is 6.33 Å². The molecule has 0 bridgehead atoms. The van der Waals surface area contributed by atoms with Gasteiger partial charge in [0.2, 0.25) is 5.91 Å². The van der Waals surface area contributed by atoms with E-state index in [9.17, 15) is 9.59 Å². The van der Waals surface area contributed by atoms with Crippen LogP contribution in [0.25, 0.3) is 5.69 Å². The van der Waals surface area contributed by atoms with Gasteiger partial charge in [0.25, 0.3) is 5.91 Å². The SMILES string of the molecule is CNC(=O)c1ccc(NC(=O)CSc2nncn2-c2cc(C)ccc2C)cc1. The van der Waals surface area contributed by atoms with E-state index in [1.165, 1.54) is 11.8 Å². The summed E-state index contributed by atoms with van der Waals surface area (Å²) >= 11 is 1.32. The van der Waals surface area contributed by atoms with Crippen LogP contribution in [0.15, 0.2) is 53.9 Å². The summed E-state index contributed by atoms with van der Waals surface area (Å²) in [6, 6.07) is 12.9. The highest BCUT2D eigenvalue weighted by Gasteiger charge is 2.12. The average molecular weight is 395 g/mol. The second-order valence-corrected chi connectivity index (χ2v) is 7.21. The molecule has 0 radical (unpaired) electrons. The minimum Gasteiger partial charge on any atom is -0.355 e. The predicted molar refractivity (Wildman–Crippen MR) is 110 cm³/mol. The maximum Gasteiger partial charge on any atom is 0.251 e. The monoisotopic (exact) mass is 395 g/mol. The molecular weight excluding hydrogens is 374 g/mol. The quantitative estimate of drug-likeness (QED) is 0.627. The van der Waals surface area contributed by atoms with Crippen molar-refractivity contribution in [2.24, 2.45) is 0 Å². The number of carbonyl (C=O) groups is 2. The van der Waals surface area contributed by atoms with Gasteiger partial charge < -0.3 is 10.6 Å². The molecular formula is C20H21N5O2S. The zero-order valence-corrected chi connectivity index (χ0v) is 16.7. The molecule has 0 spiro atoms. The van der Waals surface area contributed by atoms with E-state index in [1.807, 2.05) is 24.5 Å². The highest BCUT2D eigenvalue weighted by Crippen LogP contribution is 2.23. The van der Waals surface area contributed by atoms with Gasteiger partial charge in [-0.05, 0) is 55.3 Å². The number of thioether (sulfide) groups is 1. The molecule has 0 atom stereocenters. The Morgan fingerprint density at radius 2 is 1.86 bits per heavy atom. The fourth-order valence-corrected chi connectivity index (χ4v) is 3.37. The summed E-state index contributed by atoms with van der Waals surface area (Å²) in [6.07, 6.45) is 1.65. The van der Waals surface area contributed by atoms with Crippen molar-refractivity contribution in [3.8, 4) is 5.69 Å². The lowest BCUT2D eigenvalue weighted by Crippen LogP contribution is -2.18. The van der Waals surface area contributed by atoms with Gasteiger partial charge in [0.05, 0.1) is 11.4 Å². The summed E-state index contributed by atoms with van der Waals surface area (Å²) in [5.41, 5.74) is 4.42. The number of nitrogens with one attached hydrogen (secondary N) is 2. The van der Waals surface area contributed by atoms with E-state index in [-0.39, 0.29) is 17.6 Å². The Labute approximate surface area is 167 Å². The maximum absolute atomic E-state index is 12.3. The fourth-order valence-electron chi connectivity index (χ4n) is 2.64. The van der Waals surface area contributed by atoms with E-state index in [0.29, 0.717) is 16.4 Å². The lowest BCUT2D eigenvalue weighted by molar-refractivity contribution is -0.113. The fraction of sp³-hybridized carbons (Fsp3) is 0.200. The van der Waals surface area contributed by atoms with Gasteiger partial charge in [-0.15, -0.1) is 10.2 Å². The Hall–Kier alpha value is -3.13. The van der Waals surface area contributed by atoms with Crippen LogP contribution in [0.2, 0.25) is 0 Å². The Morgan fingerprint density at radius 1 is 1.11 bits per heavy atom. The van der Waals surface area contributed by atoms with Gasteiger partial charge in [0, 0.05) is 18.3 Å². The van der Waals surface area contributed by atoms with Gasteiger partial charge in [-0.1, -0.05) is 23.9 Å². The van der Waals surface area contributed by atoms with Crippen LogP contribution in [0, 0.1) is 13.8 Å². The molecule has 7 nitrogen and oxygen atoms in total. The number of nitrogens with zero attached hydrogens (tertiary/aromatic N) is 3. The number of anilines is 1. The molecule has 2 amide bonds. The molecule has 0 aliphatic rings. The Kier molecular flexibility index (Phi) is 6.10. The predicted octanol–water partition coefficient (Wildman–Crippen LogP) is 2.97. The Morgan fingerprint density at radius 3 is 2.57 bits per heavy atom. The first-order chi connectivity index (χ1) is 13.5. The zero-order chi connectivity index (χ0) is 20.1. The van der Waals surface area contributed by atoms with E-state index in [0.717, 1.165) is 16.8 Å². The summed E-state index contributed by atoms with van der Waals surface area (Å²) in [5.74, 6) is -0.131. The van der Waals surface area contributed by atoms with Crippen LogP contribution >= 0.6 is 11.8 Å². The number of aromatic nitrogens is 3. The smallest absolute Gasteiger partial charge is 0.251 e. The molecule has 2 aromatic carbocycles. The normalized spacial score (nSPS) is 10.5. The first kappa shape index (κ1) is 19.6. The number of rotatable bonds is 6. The summed E-state index contributed by atoms with van der Waals surface area (Å²) < 4.78 is 1.89. The van der Waals surface area contributed by atoms with Gasteiger partial charge in [0.15, 0.2) is 5.16 Å². The molecule has 0 aliphatic carbocycles. The van der Waals surface area contributed by atoms with E-state index in [2.05, 4.69) is 33.0 Å². The van der Waals surface area contributed by atoms with Crippen LogP contribution in [0.3, 0.4) is 0 Å². The van der Waals surface area contributed by atoms with Crippen LogP contribution in [0.4, 0.5) is 5.69 Å². The topological polar surface area (TPSA) is 88.9 Å². The first-order valence-electron chi connectivity index (χ1n) is 8.70. The highest BCUT2D eigenvalue weighted by atomic mass is 32.2. The molecule has 1 heterocycles. The molecule has 28 heavy (non-hydrogen) atoms. The second kappa shape index (κ2) is 8.71. The third kappa shape index (κ3) is 4.58. The van der Waals surface area contributed by atoms with E-state index < -0.39 is 0 Å². The van der Waals surface area contributed by atoms with E-state index in [4.69, 9.17) is 0 Å². The molecule has 0 aliphatic heterocycles. The maximum atomic E-state index is 12.3. The number of hydrogen-bond donors (Lipinski definition) is 2. The molecule has 0 saturated heterocycles. The van der Waals surface area contributed by atoms with Gasteiger partial charge in [-0.25, -0.2) is 0 Å². The third-order valence-electron chi connectivity index (χ3n) is 4.13. The molecule has 3 rings (SSSR count). The van der Waals surface area contributed by atoms with Crippen molar-refractivity contribution in [3.63, 3.8) is 0 Å². The van der Waals surface area contributed by atoms with Crippen molar-refractivity contribution in [2.75, 3.05) is 18.1 Å². The molecule has 0 saturated carbocycles. The number of hydrogen-bond acceptors (Lipinski definition) is 5. The summed E-state index contributed by atoms with van der Waals surface area (Å²) in [5, 5.41) is 14.2. The minimum absolute atomic E-state index is 0.159. The van der Waals surface area contributed by atoms with E-state index in [1.54, 1.807) is 37.6 Å². The summed E-state index contributed by atoms with van der Waals surface area (Å²) in [4.78, 5) is 23.8.